The Balaban J connectivity index is 2.18. The molecule has 0 aliphatic rings. The van der Waals surface area contributed by atoms with Gasteiger partial charge in [0.2, 0.25) is 0 Å². The van der Waals surface area contributed by atoms with E-state index in [2.05, 4.69) is 20.9 Å². The Labute approximate surface area is 123 Å². The molecule has 0 fully saturated rings. The van der Waals surface area contributed by atoms with Crippen molar-refractivity contribution >= 4 is 32.6 Å². The second-order valence-electron chi connectivity index (χ2n) is 4.68. The summed E-state index contributed by atoms with van der Waals surface area (Å²) in [4.78, 5) is 15.6. The number of rotatable bonds is 2. The largest absolute Gasteiger partial charge is 0.360 e. The highest BCUT2D eigenvalue weighted by atomic mass is 79.9. The first-order valence-corrected chi connectivity index (χ1v) is 6.93. The lowest BCUT2D eigenvalue weighted by Gasteiger charge is -2.03. The van der Waals surface area contributed by atoms with Crippen LogP contribution in [0, 0.1) is 12.7 Å². The summed E-state index contributed by atoms with van der Waals surface area (Å²) in [5, 5.41) is 0.775. The van der Waals surface area contributed by atoms with Gasteiger partial charge < -0.3 is 4.98 Å². The Morgan fingerprint density at radius 3 is 2.75 bits per heavy atom. The van der Waals surface area contributed by atoms with Crippen LogP contribution in [0.25, 0.3) is 10.9 Å². The van der Waals surface area contributed by atoms with Crippen molar-refractivity contribution in [2.45, 2.75) is 6.92 Å². The van der Waals surface area contributed by atoms with Gasteiger partial charge in [0.25, 0.3) is 0 Å². The maximum atomic E-state index is 14.0. The van der Waals surface area contributed by atoms with Gasteiger partial charge in [-0.3, -0.25) is 4.79 Å². The van der Waals surface area contributed by atoms with Crippen molar-refractivity contribution in [3.8, 4) is 0 Å². The first-order valence-electron chi connectivity index (χ1n) is 6.14. The quantitative estimate of drug-likeness (QED) is 0.683. The number of aromatic nitrogens is 1. The summed E-state index contributed by atoms with van der Waals surface area (Å²) in [6, 6.07) is 10.3. The highest BCUT2D eigenvalue weighted by molar-refractivity contribution is 9.10. The van der Waals surface area contributed by atoms with Gasteiger partial charge in [0.05, 0.1) is 5.56 Å². The average Bonchev–Trinajstić information content (AvgIpc) is 2.83. The smallest absolute Gasteiger partial charge is 0.198 e. The molecule has 0 atom stereocenters. The molecule has 0 bridgehead atoms. The van der Waals surface area contributed by atoms with Crippen LogP contribution < -0.4 is 0 Å². The number of aryl methyl sites for hydroxylation is 1. The van der Waals surface area contributed by atoms with Crippen LogP contribution in [-0.4, -0.2) is 10.8 Å². The molecule has 3 rings (SSSR count). The van der Waals surface area contributed by atoms with Crippen LogP contribution in [0.2, 0.25) is 0 Å². The molecule has 0 unspecified atom stereocenters. The van der Waals surface area contributed by atoms with Crippen LogP contribution in [0.15, 0.2) is 47.1 Å². The van der Waals surface area contributed by atoms with Crippen molar-refractivity contribution in [2.24, 2.45) is 0 Å². The highest BCUT2D eigenvalue weighted by Crippen LogP contribution is 2.29. The van der Waals surface area contributed by atoms with Gasteiger partial charge in [-0.2, -0.15) is 0 Å². The SMILES string of the molecule is Cc1ccc(C(=O)c2c[nH]c3cccc(Br)c23)c(F)c1. The summed E-state index contributed by atoms with van der Waals surface area (Å²) in [5.74, 6) is -0.808. The minimum absolute atomic E-state index is 0.0900. The third-order valence-corrected chi connectivity index (χ3v) is 3.93. The number of H-pyrrole nitrogens is 1. The van der Waals surface area contributed by atoms with E-state index in [1.807, 2.05) is 18.2 Å². The fourth-order valence-corrected chi connectivity index (χ4v) is 2.85. The summed E-state index contributed by atoms with van der Waals surface area (Å²) < 4.78 is 14.8. The van der Waals surface area contributed by atoms with Crippen LogP contribution in [0.4, 0.5) is 4.39 Å². The molecule has 2 nitrogen and oxygen atoms in total. The molecule has 0 aliphatic carbocycles. The summed E-state index contributed by atoms with van der Waals surface area (Å²) >= 11 is 3.43. The van der Waals surface area contributed by atoms with Gasteiger partial charge in [0.15, 0.2) is 5.78 Å². The van der Waals surface area contributed by atoms with Gasteiger partial charge in [-0.1, -0.05) is 28.1 Å². The first kappa shape index (κ1) is 13.1. The van der Waals surface area contributed by atoms with Gasteiger partial charge >= 0.3 is 0 Å². The van der Waals surface area contributed by atoms with Crippen LogP contribution in [0.1, 0.15) is 21.5 Å². The van der Waals surface area contributed by atoms with Gasteiger partial charge in [-0.05, 0) is 36.8 Å². The van der Waals surface area contributed by atoms with Crippen LogP contribution in [-0.2, 0) is 0 Å². The molecule has 1 aromatic heterocycles. The van der Waals surface area contributed by atoms with Gasteiger partial charge in [-0.25, -0.2) is 4.39 Å². The number of carbonyl (C=O) groups is 1. The van der Waals surface area contributed by atoms with E-state index >= 15 is 0 Å². The molecular formula is C16H11BrFNO. The number of nitrogens with one attached hydrogen (secondary N) is 1. The lowest BCUT2D eigenvalue weighted by Crippen LogP contribution is -2.04. The van der Waals surface area contributed by atoms with E-state index in [0.717, 1.165) is 20.9 Å². The molecule has 1 heterocycles. The molecule has 0 amide bonds. The van der Waals surface area contributed by atoms with E-state index in [4.69, 9.17) is 0 Å². The van der Waals surface area contributed by atoms with Crippen molar-refractivity contribution < 1.29 is 9.18 Å². The number of hydrogen-bond acceptors (Lipinski definition) is 1. The molecule has 2 aromatic carbocycles. The number of fused-ring (bicyclic) bond motifs is 1. The molecule has 0 radical (unpaired) electrons. The monoisotopic (exact) mass is 331 g/mol. The fraction of sp³-hybridized carbons (Fsp3) is 0.0625. The standard InChI is InChI=1S/C16H11BrFNO/c1-9-5-6-10(13(18)7-9)16(20)11-8-19-14-4-2-3-12(17)15(11)14/h2-8,19H,1H3. The molecule has 100 valence electrons. The number of halogens is 2. The number of benzene rings is 2. The molecular weight excluding hydrogens is 321 g/mol. The predicted octanol–water partition coefficient (Wildman–Crippen LogP) is 4.61. The third-order valence-electron chi connectivity index (χ3n) is 3.27. The zero-order valence-corrected chi connectivity index (χ0v) is 12.3. The number of carbonyl (C=O) groups excluding carboxylic acids is 1. The van der Waals surface area contributed by atoms with Crippen LogP contribution >= 0.6 is 15.9 Å². The van der Waals surface area contributed by atoms with E-state index in [1.165, 1.54) is 12.1 Å². The number of hydrogen-bond donors (Lipinski definition) is 1. The maximum absolute atomic E-state index is 14.0. The molecule has 0 spiro atoms. The molecule has 3 aromatic rings. The minimum Gasteiger partial charge on any atom is -0.360 e. The summed E-state index contributed by atoms with van der Waals surface area (Å²) in [5.41, 5.74) is 2.19. The van der Waals surface area contributed by atoms with Gasteiger partial charge in [-0.15, -0.1) is 0 Å². The summed E-state index contributed by atoms with van der Waals surface area (Å²) in [6.45, 7) is 1.79. The fourth-order valence-electron chi connectivity index (χ4n) is 2.27. The zero-order valence-electron chi connectivity index (χ0n) is 10.7. The number of ketones is 1. The predicted molar refractivity (Wildman–Crippen MR) is 80.6 cm³/mol. The molecule has 4 heteroatoms. The Morgan fingerprint density at radius 1 is 1.20 bits per heavy atom. The Hall–Kier alpha value is -1.94. The van der Waals surface area contributed by atoms with E-state index in [1.54, 1.807) is 19.2 Å². The van der Waals surface area contributed by atoms with E-state index in [-0.39, 0.29) is 11.3 Å². The van der Waals surface area contributed by atoms with Crippen molar-refractivity contribution in [3.05, 3.63) is 69.6 Å². The lowest BCUT2D eigenvalue weighted by molar-refractivity contribution is 0.103. The average molecular weight is 332 g/mol. The molecule has 0 aliphatic heterocycles. The summed E-state index contributed by atoms with van der Waals surface area (Å²) in [6.07, 6.45) is 1.62. The Bertz CT molecular complexity index is 822. The van der Waals surface area contributed by atoms with Gasteiger partial charge in [0.1, 0.15) is 5.82 Å². The van der Waals surface area contributed by atoms with Crippen LogP contribution in [0.5, 0.6) is 0 Å². The highest BCUT2D eigenvalue weighted by Gasteiger charge is 2.18. The topological polar surface area (TPSA) is 32.9 Å². The third kappa shape index (κ3) is 2.06. The first-order chi connectivity index (χ1) is 9.58. The van der Waals surface area contributed by atoms with Gasteiger partial charge in [0, 0.05) is 27.1 Å². The molecule has 0 saturated carbocycles. The van der Waals surface area contributed by atoms with Crippen molar-refractivity contribution in [1.29, 1.82) is 0 Å². The Morgan fingerprint density at radius 2 is 2.00 bits per heavy atom. The molecule has 20 heavy (non-hydrogen) atoms. The number of aromatic amines is 1. The van der Waals surface area contributed by atoms with E-state index in [0.29, 0.717) is 5.56 Å². The lowest BCUT2D eigenvalue weighted by atomic mass is 10.0. The van der Waals surface area contributed by atoms with Crippen molar-refractivity contribution in [3.63, 3.8) is 0 Å². The zero-order chi connectivity index (χ0) is 14.3. The normalized spacial score (nSPS) is 10.9. The molecule has 0 saturated heterocycles. The second-order valence-corrected chi connectivity index (χ2v) is 5.53. The van der Waals surface area contributed by atoms with E-state index in [9.17, 15) is 9.18 Å². The van der Waals surface area contributed by atoms with Crippen LogP contribution in [0.3, 0.4) is 0 Å². The minimum atomic E-state index is -0.489. The molecule has 1 N–H and O–H groups in total. The van der Waals surface area contributed by atoms with E-state index < -0.39 is 5.82 Å². The van der Waals surface area contributed by atoms with Crippen molar-refractivity contribution in [2.75, 3.05) is 0 Å². The summed E-state index contributed by atoms with van der Waals surface area (Å²) in [7, 11) is 0. The maximum Gasteiger partial charge on any atom is 0.198 e. The second kappa shape index (κ2) is 4.87. The Kier molecular flexibility index (Phi) is 3.18. The van der Waals surface area contributed by atoms with Crippen molar-refractivity contribution in [1.82, 2.24) is 4.98 Å².